The third-order valence-electron chi connectivity index (χ3n) is 3.25. The van der Waals surface area contributed by atoms with Gasteiger partial charge in [0.1, 0.15) is 0 Å². The number of ketones is 1. The number of sulfonamides is 1. The van der Waals surface area contributed by atoms with Gasteiger partial charge in [0.05, 0.1) is 10.6 Å². The van der Waals surface area contributed by atoms with Crippen LogP contribution in [0.15, 0.2) is 56.9 Å². The number of carbonyl (C=O) groups is 1. The van der Waals surface area contributed by atoms with Crippen molar-refractivity contribution in [3.63, 3.8) is 0 Å². The topological polar surface area (TPSA) is 63.6 Å². The third-order valence-corrected chi connectivity index (χ3v) is 4.55. The Morgan fingerprint density at radius 1 is 0.900 bits per heavy atom. The summed E-state index contributed by atoms with van der Waals surface area (Å²) >= 11 is 0. The first-order chi connectivity index (χ1) is 9.31. The first-order valence-electron chi connectivity index (χ1n) is 6.13. The molecule has 0 bridgehead atoms. The molecule has 0 unspecified atom stereocenters. The first-order valence-corrected chi connectivity index (χ1v) is 7.57. The van der Waals surface area contributed by atoms with Crippen LogP contribution >= 0.6 is 0 Å². The van der Waals surface area contributed by atoms with E-state index >= 15 is 0 Å². The van der Waals surface area contributed by atoms with Crippen molar-refractivity contribution in [1.82, 2.24) is 0 Å². The number of allylic oxidation sites excluding steroid dienone is 4. The molecule has 4 nitrogen and oxygen atoms in total. The molecular formula is C15H15NO3S. The van der Waals surface area contributed by atoms with Crippen molar-refractivity contribution in [1.29, 1.82) is 0 Å². The molecule has 0 saturated carbocycles. The van der Waals surface area contributed by atoms with Gasteiger partial charge in [0.25, 0.3) is 10.0 Å². The minimum absolute atomic E-state index is 0.116. The molecule has 1 aliphatic carbocycles. The van der Waals surface area contributed by atoms with Crippen LogP contribution in [0.1, 0.15) is 19.4 Å². The highest BCUT2D eigenvalue weighted by molar-refractivity contribution is 7.90. The smallest absolute Gasteiger partial charge is 0.282 e. The van der Waals surface area contributed by atoms with E-state index in [0.29, 0.717) is 16.9 Å². The molecule has 0 amide bonds. The van der Waals surface area contributed by atoms with Crippen LogP contribution in [-0.4, -0.2) is 19.9 Å². The van der Waals surface area contributed by atoms with Crippen molar-refractivity contribution in [2.75, 3.05) is 0 Å². The maximum Gasteiger partial charge on any atom is 0.282 e. The van der Waals surface area contributed by atoms with Crippen molar-refractivity contribution in [2.45, 2.75) is 25.7 Å². The summed E-state index contributed by atoms with van der Waals surface area (Å²) in [4.78, 5) is 11.6. The summed E-state index contributed by atoms with van der Waals surface area (Å²) in [5.74, 6) is -0.116. The molecule has 0 heterocycles. The number of benzene rings is 1. The predicted octanol–water partition coefficient (Wildman–Crippen LogP) is 2.60. The molecule has 2 rings (SSSR count). The maximum atomic E-state index is 12.2. The summed E-state index contributed by atoms with van der Waals surface area (Å²) in [5.41, 5.74) is 2.40. The van der Waals surface area contributed by atoms with Gasteiger partial charge >= 0.3 is 0 Å². The minimum Gasteiger partial charge on any atom is -0.290 e. The molecule has 0 radical (unpaired) electrons. The lowest BCUT2D eigenvalue weighted by Crippen LogP contribution is -2.13. The van der Waals surface area contributed by atoms with Crippen LogP contribution in [0, 0.1) is 6.92 Å². The Bertz CT molecular complexity index is 751. The normalized spacial score (nSPS) is 17.9. The molecule has 0 aliphatic heterocycles. The molecule has 20 heavy (non-hydrogen) atoms. The Hall–Kier alpha value is -2.01. The van der Waals surface area contributed by atoms with E-state index in [0.717, 1.165) is 5.56 Å². The van der Waals surface area contributed by atoms with Gasteiger partial charge in [0.2, 0.25) is 0 Å². The van der Waals surface area contributed by atoms with Gasteiger partial charge in [-0.25, -0.2) is 0 Å². The van der Waals surface area contributed by atoms with E-state index in [1.165, 1.54) is 24.3 Å². The standard InChI is InChI=1S/C15H15NO3S/c1-10-4-6-13(7-5-10)20(18,19)16-14-8-9-15(17)12(3)11(14)2/h4-9H,1-3H3/b16-14-. The number of aryl methyl sites for hydroxylation is 1. The van der Waals surface area contributed by atoms with E-state index in [9.17, 15) is 13.2 Å². The second-order valence-corrected chi connectivity index (χ2v) is 6.32. The van der Waals surface area contributed by atoms with Crippen LogP contribution in [0.2, 0.25) is 0 Å². The van der Waals surface area contributed by atoms with Gasteiger partial charge < -0.3 is 0 Å². The molecule has 0 atom stereocenters. The average molecular weight is 289 g/mol. The van der Waals surface area contributed by atoms with Gasteiger partial charge in [-0.15, -0.1) is 0 Å². The monoisotopic (exact) mass is 289 g/mol. The molecule has 5 heteroatoms. The number of hydrogen-bond donors (Lipinski definition) is 0. The quantitative estimate of drug-likeness (QED) is 0.786. The lowest BCUT2D eigenvalue weighted by molar-refractivity contribution is -0.111. The maximum absolute atomic E-state index is 12.2. The molecule has 0 N–H and O–H groups in total. The molecule has 0 saturated heterocycles. The summed E-state index contributed by atoms with van der Waals surface area (Å²) in [7, 11) is -3.76. The van der Waals surface area contributed by atoms with E-state index in [1.807, 2.05) is 6.92 Å². The SMILES string of the molecule is CC1=C(C)/C(=N\S(=O)(=O)c2ccc(C)cc2)C=CC1=O. The van der Waals surface area contributed by atoms with Crippen molar-refractivity contribution in [3.8, 4) is 0 Å². The number of rotatable bonds is 2. The zero-order chi connectivity index (χ0) is 14.9. The fourth-order valence-electron chi connectivity index (χ4n) is 1.77. The largest absolute Gasteiger partial charge is 0.290 e. The summed E-state index contributed by atoms with van der Waals surface area (Å²) in [6.45, 7) is 5.24. The lowest BCUT2D eigenvalue weighted by Gasteiger charge is -2.10. The number of nitrogens with zero attached hydrogens (tertiary/aromatic N) is 1. The Balaban J connectivity index is 2.47. The zero-order valence-corrected chi connectivity index (χ0v) is 12.4. The van der Waals surface area contributed by atoms with Gasteiger partial charge in [-0.05, 0) is 50.6 Å². The predicted molar refractivity (Wildman–Crippen MR) is 78.3 cm³/mol. The van der Waals surface area contributed by atoms with E-state index in [2.05, 4.69) is 4.40 Å². The van der Waals surface area contributed by atoms with Crippen LogP contribution in [-0.2, 0) is 14.8 Å². The van der Waals surface area contributed by atoms with Crippen LogP contribution in [0.25, 0.3) is 0 Å². The molecule has 1 aromatic rings. The van der Waals surface area contributed by atoms with Crippen LogP contribution in [0.3, 0.4) is 0 Å². The number of hydrogen-bond acceptors (Lipinski definition) is 3. The fraction of sp³-hybridized carbons (Fsp3) is 0.200. The van der Waals surface area contributed by atoms with E-state index < -0.39 is 10.0 Å². The van der Waals surface area contributed by atoms with Crippen molar-refractivity contribution < 1.29 is 13.2 Å². The second kappa shape index (κ2) is 5.17. The molecule has 1 aromatic carbocycles. The highest BCUT2D eigenvalue weighted by Crippen LogP contribution is 2.19. The van der Waals surface area contributed by atoms with Gasteiger partial charge in [-0.3, -0.25) is 4.79 Å². The average Bonchev–Trinajstić information content (AvgIpc) is 2.40. The molecule has 0 spiro atoms. The Kier molecular flexibility index (Phi) is 3.72. The molecule has 104 valence electrons. The molecule has 1 aliphatic rings. The zero-order valence-electron chi connectivity index (χ0n) is 11.5. The second-order valence-electron chi connectivity index (χ2n) is 4.71. The molecule has 0 aromatic heterocycles. The van der Waals surface area contributed by atoms with E-state index in [4.69, 9.17) is 0 Å². The Morgan fingerprint density at radius 3 is 2.10 bits per heavy atom. The molecular weight excluding hydrogens is 274 g/mol. The van der Waals surface area contributed by atoms with Crippen LogP contribution in [0.5, 0.6) is 0 Å². The van der Waals surface area contributed by atoms with Gasteiger partial charge in [0.15, 0.2) is 5.78 Å². The highest BCUT2D eigenvalue weighted by Gasteiger charge is 2.18. The van der Waals surface area contributed by atoms with Crippen LogP contribution < -0.4 is 0 Å². The van der Waals surface area contributed by atoms with E-state index in [-0.39, 0.29) is 10.7 Å². The Morgan fingerprint density at radius 2 is 1.50 bits per heavy atom. The van der Waals surface area contributed by atoms with Crippen molar-refractivity contribution in [3.05, 3.63) is 53.1 Å². The summed E-state index contributed by atoms with van der Waals surface area (Å²) in [6.07, 6.45) is 2.78. The molecule has 0 fully saturated rings. The van der Waals surface area contributed by atoms with Crippen LogP contribution in [0.4, 0.5) is 0 Å². The first kappa shape index (κ1) is 14.4. The third kappa shape index (κ3) is 2.77. The fourth-order valence-corrected chi connectivity index (χ4v) is 2.82. The summed E-state index contributed by atoms with van der Waals surface area (Å²) in [6, 6.07) is 6.50. The van der Waals surface area contributed by atoms with Gasteiger partial charge in [0, 0.05) is 5.57 Å². The van der Waals surface area contributed by atoms with Gasteiger partial charge in [-0.1, -0.05) is 17.7 Å². The van der Waals surface area contributed by atoms with Crippen molar-refractivity contribution >= 4 is 21.5 Å². The Labute approximate surface area is 118 Å². The lowest BCUT2D eigenvalue weighted by atomic mass is 9.97. The summed E-state index contributed by atoms with van der Waals surface area (Å²) < 4.78 is 28.3. The van der Waals surface area contributed by atoms with Gasteiger partial charge in [-0.2, -0.15) is 12.8 Å². The minimum atomic E-state index is -3.76. The van der Waals surface area contributed by atoms with Crippen molar-refractivity contribution in [2.24, 2.45) is 4.40 Å². The highest BCUT2D eigenvalue weighted by atomic mass is 32.2. The van der Waals surface area contributed by atoms with E-state index in [1.54, 1.807) is 26.0 Å². The summed E-state index contributed by atoms with van der Waals surface area (Å²) in [5, 5.41) is 0. The number of carbonyl (C=O) groups excluding carboxylic acids is 1.